The van der Waals surface area contributed by atoms with Crippen LogP contribution in [-0.2, 0) is 4.79 Å². The summed E-state index contributed by atoms with van der Waals surface area (Å²) in [6, 6.07) is 0.388. The molecule has 1 aliphatic heterocycles. The molecule has 2 N–H and O–H groups in total. The van der Waals surface area contributed by atoms with Crippen molar-refractivity contribution in [3.05, 3.63) is 0 Å². The molecule has 2 fully saturated rings. The normalized spacial score (nSPS) is 29.6. The van der Waals surface area contributed by atoms with E-state index in [-0.39, 0.29) is 5.41 Å². The lowest BCUT2D eigenvalue weighted by atomic mass is 9.74. The summed E-state index contributed by atoms with van der Waals surface area (Å²) in [5, 5.41) is 6.81. The molecule has 0 aromatic heterocycles. The maximum Gasteiger partial charge on any atom is 0.228 e. The third-order valence-electron chi connectivity index (χ3n) is 5.72. The molecule has 0 aromatic rings. The Morgan fingerprint density at radius 3 is 2.50 bits per heavy atom. The topological polar surface area (TPSA) is 41.1 Å². The van der Waals surface area contributed by atoms with Crippen LogP contribution >= 0.6 is 0 Å². The van der Waals surface area contributed by atoms with Gasteiger partial charge in [-0.05, 0) is 44.1 Å². The zero-order valence-corrected chi connectivity index (χ0v) is 13.5. The van der Waals surface area contributed by atoms with Gasteiger partial charge in [-0.2, -0.15) is 0 Å². The highest BCUT2D eigenvalue weighted by Crippen LogP contribution is 2.35. The van der Waals surface area contributed by atoms with Gasteiger partial charge in [0.15, 0.2) is 0 Å². The van der Waals surface area contributed by atoms with E-state index in [1.165, 1.54) is 32.1 Å². The minimum atomic E-state index is -0.178. The number of hydrogen-bond acceptors (Lipinski definition) is 2. The average Bonchev–Trinajstić information content (AvgIpc) is 2.96. The Balaban J connectivity index is 2.00. The van der Waals surface area contributed by atoms with Crippen LogP contribution in [0.1, 0.15) is 65.7 Å². The van der Waals surface area contributed by atoms with Gasteiger partial charge in [0.2, 0.25) is 5.91 Å². The summed E-state index contributed by atoms with van der Waals surface area (Å²) in [6.45, 7) is 8.42. The van der Waals surface area contributed by atoms with Crippen LogP contribution in [0.4, 0.5) is 0 Å². The van der Waals surface area contributed by atoms with Crippen molar-refractivity contribution in [3.63, 3.8) is 0 Å². The Morgan fingerprint density at radius 2 is 2.00 bits per heavy atom. The van der Waals surface area contributed by atoms with Crippen LogP contribution in [0, 0.1) is 17.3 Å². The van der Waals surface area contributed by atoms with E-state index in [9.17, 15) is 4.79 Å². The predicted molar refractivity (Wildman–Crippen MR) is 83.6 cm³/mol. The SMILES string of the molecule is CCC(NC(=O)C1(C(C)C)CCNC1)C1CCCCC1. The van der Waals surface area contributed by atoms with Gasteiger partial charge >= 0.3 is 0 Å². The average molecular weight is 280 g/mol. The Kier molecular flexibility index (Phi) is 5.48. The van der Waals surface area contributed by atoms with Crippen LogP contribution in [0.3, 0.4) is 0 Å². The molecule has 3 heteroatoms. The van der Waals surface area contributed by atoms with Crippen molar-refractivity contribution < 1.29 is 4.79 Å². The molecule has 0 spiro atoms. The minimum Gasteiger partial charge on any atom is -0.353 e. The van der Waals surface area contributed by atoms with E-state index < -0.39 is 0 Å². The van der Waals surface area contributed by atoms with Crippen molar-refractivity contribution >= 4 is 5.91 Å². The standard InChI is InChI=1S/C17H32N2O/c1-4-15(14-8-6-5-7-9-14)19-16(20)17(13(2)3)10-11-18-12-17/h13-15,18H,4-12H2,1-3H3,(H,19,20). The highest BCUT2D eigenvalue weighted by molar-refractivity contribution is 5.84. The number of rotatable bonds is 5. The van der Waals surface area contributed by atoms with Crippen molar-refractivity contribution in [3.8, 4) is 0 Å². The lowest BCUT2D eigenvalue weighted by Crippen LogP contribution is -2.51. The van der Waals surface area contributed by atoms with E-state index in [1.54, 1.807) is 0 Å². The van der Waals surface area contributed by atoms with E-state index in [0.717, 1.165) is 25.9 Å². The molecule has 0 radical (unpaired) electrons. The molecule has 2 unspecified atom stereocenters. The summed E-state index contributed by atoms with van der Waals surface area (Å²) in [6.07, 6.45) is 8.70. The quantitative estimate of drug-likeness (QED) is 0.812. The molecule has 2 rings (SSSR count). The zero-order valence-electron chi connectivity index (χ0n) is 13.5. The fourth-order valence-corrected chi connectivity index (χ4v) is 4.06. The molecule has 116 valence electrons. The van der Waals surface area contributed by atoms with Gasteiger partial charge in [0.1, 0.15) is 0 Å². The summed E-state index contributed by atoms with van der Waals surface area (Å²) in [4.78, 5) is 12.9. The van der Waals surface area contributed by atoms with Crippen LogP contribution in [0.2, 0.25) is 0 Å². The van der Waals surface area contributed by atoms with Crippen LogP contribution in [0.5, 0.6) is 0 Å². The third kappa shape index (κ3) is 3.19. The summed E-state index contributed by atoms with van der Waals surface area (Å²) >= 11 is 0. The molecular weight excluding hydrogens is 248 g/mol. The first-order valence-electron chi connectivity index (χ1n) is 8.62. The first kappa shape index (κ1) is 15.8. The predicted octanol–water partition coefficient (Wildman–Crippen LogP) is 3.10. The molecule has 20 heavy (non-hydrogen) atoms. The molecule has 1 amide bonds. The van der Waals surface area contributed by atoms with Crippen LogP contribution < -0.4 is 10.6 Å². The minimum absolute atomic E-state index is 0.178. The Morgan fingerprint density at radius 1 is 1.30 bits per heavy atom. The second-order valence-corrected chi connectivity index (χ2v) is 7.12. The number of carbonyl (C=O) groups is 1. The van der Waals surface area contributed by atoms with Crippen LogP contribution in [0.15, 0.2) is 0 Å². The van der Waals surface area contributed by atoms with Crippen molar-refractivity contribution in [1.29, 1.82) is 0 Å². The van der Waals surface area contributed by atoms with Gasteiger partial charge in [0, 0.05) is 12.6 Å². The molecule has 0 bridgehead atoms. The monoisotopic (exact) mass is 280 g/mol. The second kappa shape index (κ2) is 6.93. The summed E-state index contributed by atoms with van der Waals surface area (Å²) in [7, 11) is 0. The number of amides is 1. The highest BCUT2D eigenvalue weighted by Gasteiger charge is 2.44. The van der Waals surface area contributed by atoms with Crippen molar-refractivity contribution in [2.45, 2.75) is 71.8 Å². The fraction of sp³-hybridized carbons (Fsp3) is 0.941. The first-order chi connectivity index (χ1) is 9.60. The molecule has 1 heterocycles. The van der Waals surface area contributed by atoms with Gasteiger partial charge in [-0.25, -0.2) is 0 Å². The molecule has 3 nitrogen and oxygen atoms in total. The van der Waals surface area contributed by atoms with Crippen molar-refractivity contribution in [1.82, 2.24) is 10.6 Å². The molecule has 1 saturated heterocycles. The Labute approximate surface area is 124 Å². The van der Waals surface area contributed by atoms with E-state index in [0.29, 0.717) is 23.8 Å². The number of hydrogen-bond donors (Lipinski definition) is 2. The summed E-state index contributed by atoms with van der Waals surface area (Å²) in [5.41, 5.74) is -0.178. The van der Waals surface area contributed by atoms with Gasteiger partial charge < -0.3 is 10.6 Å². The molecular formula is C17H32N2O. The highest BCUT2D eigenvalue weighted by atomic mass is 16.2. The summed E-state index contributed by atoms with van der Waals surface area (Å²) in [5.74, 6) is 1.41. The Bertz CT molecular complexity index is 315. The lowest BCUT2D eigenvalue weighted by molar-refractivity contribution is -0.133. The smallest absolute Gasteiger partial charge is 0.228 e. The van der Waals surface area contributed by atoms with Crippen LogP contribution in [0.25, 0.3) is 0 Å². The fourth-order valence-electron chi connectivity index (χ4n) is 4.06. The van der Waals surface area contributed by atoms with Gasteiger partial charge in [-0.1, -0.05) is 40.0 Å². The van der Waals surface area contributed by atoms with Gasteiger partial charge in [-0.15, -0.1) is 0 Å². The largest absolute Gasteiger partial charge is 0.353 e. The first-order valence-corrected chi connectivity index (χ1v) is 8.62. The van der Waals surface area contributed by atoms with E-state index in [2.05, 4.69) is 31.4 Å². The number of carbonyl (C=O) groups excluding carboxylic acids is 1. The maximum absolute atomic E-state index is 12.9. The second-order valence-electron chi connectivity index (χ2n) is 7.12. The van der Waals surface area contributed by atoms with Crippen molar-refractivity contribution in [2.24, 2.45) is 17.3 Å². The molecule has 0 aromatic carbocycles. The van der Waals surface area contributed by atoms with E-state index in [1.807, 2.05) is 0 Å². The van der Waals surface area contributed by atoms with Crippen molar-refractivity contribution in [2.75, 3.05) is 13.1 Å². The third-order valence-corrected chi connectivity index (χ3v) is 5.72. The molecule has 2 aliphatic rings. The van der Waals surface area contributed by atoms with Gasteiger partial charge in [0.05, 0.1) is 5.41 Å². The zero-order chi connectivity index (χ0) is 14.6. The molecule has 1 saturated carbocycles. The van der Waals surface area contributed by atoms with E-state index >= 15 is 0 Å². The maximum atomic E-state index is 12.9. The van der Waals surface area contributed by atoms with Gasteiger partial charge in [0.25, 0.3) is 0 Å². The lowest BCUT2D eigenvalue weighted by Gasteiger charge is -2.36. The molecule has 2 atom stereocenters. The number of nitrogens with one attached hydrogen (secondary N) is 2. The van der Waals surface area contributed by atoms with Crippen LogP contribution in [-0.4, -0.2) is 25.0 Å². The van der Waals surface area contributed by atoms with Gasteiger partial charge in [-0.3, -0.25) is 4.79 Å². The summed E-state index contributed by atoms with van der Waals surface area (Å²) < 4.78 is 0. The Hall–Kier alpha value is -0.570. The van der Waals surface area contributed by atoms with E-state index in [4.69, 9.17) is 0 Å². The molecule has 1 aliphatic carbocycles.